The predicted octanol–water partition coefficient (Wildman–Crippen LogP) is 2.46. The van der Waals surface area contributed by atoms with Gasteiger partial charge in [0, 0.05) is 18.3 Å². The Hall–Kier alpha value is -1.13. The Bertz CT molecular complexity index is 565. The molecule has 0 saturated heterocycles. The number of halogens is 3. The van der Waals surface area contributed by atoms with Crippen LogP contribution in [0.1, 0.15) is 29.6 Å². The molecule has 0 aromatic carbocycles. The lowest BCUT2D eigenvalue weighted by molar-refractivity contribution is -0.135. The summed E-state index contributed by atoms with van der Waals surface area (Å²) < 4.78 is 61.0. The van der Waals surface area contributed by atoms with Gasteiger partial charge in [-0.05, 0) is 18.9 Å². The molecule has 0 aliphatic carbocycles. The van der Waals surface area contributed by atoms with Crippen LogP contribution in [-0.2, 0) is 10.0 Å². The van der Waals surface area contributed by atoms with E-state index in [1.165, 1.54) is 5.38 Å². The number of carboxylic acids is 1. The van der Waals surface area contributed by atoms with Gasteiger partial charge in [0.2, 0.25) is 10.0 Å². The van der Waals surface area contributed by atoms with Crippen molar-refractivity contribution >= 4 is 27.3 Å². The van der Waals surface area contributed by atoms with E-state index in [2.05, 4.69) is 4.72 Å². The molecular formula is C10H12F3NO4S2. The van der Waals surface area contributed by atoms with Gasteiger partial charge in [-0.15, -0.1) is 11.3 Å². The molecule has 0 spiro atoms. The number of aromatic carboxylic acids is 1. The first-order valence-electron chi connectivity index (χ1n) is 5.50. The van der Waals surface area contributed by atoms with Crippen LogP contribution >= 0.6 is 11.3 Å². The van der Waals surface area contributed by atoms with Crippen molar-refractivity contribution in [1.29, 1.82) is 0 Å². The highest BCUT2D eigenvalue weighted by Gasteiger charge is 2.26. The van der Waals surface area contributed by atoms with Crippen LogP contribution in [0.4, 0.5) is 13.2 Å². The van der Waals surface area contributed by atoms with Crippen LogP contribution in [0.25, 0.3) is 0 Å². The molecule has 10 heteroatoms. The van der Waals surface area contributed by atoms with Gasteiger partial charge in [-0.2, -0.15) is 13.2 Å². The highest BCUT2D eigenvalue weighted by molar-refractivity contribution is 7.91. The maximum absolute atomic E-state index is 11.9. The molecule has 0 bridgehead atoms. The van der Waals surface area contributed by atoms with E-state index in [1.807, 2.05) is 0 Å². The Morgan fingerprint density at radius 3 is 2.50 bits per heavy atom. The number of nitrogens with one attached hydrogen (secondary N) is 1. The lowest BCUT2D eigenvalue weighted by Gasteiger charge is -2.06. The maximum Gasteiger partial charge on any atom is 0.389 e. The summed E-state index contributed by atoms with van der Waals surface area (Å²) in [6.07, 6.45) is -5.33. The summed E-state index contributed by atoms with van der Waals surface area (Å²) in [7, 11) is -3.86. The highest BCUT2D eigenvalue weighted by Crippen LogP contribution is 2.22. The molecule has 0 aliphatic rings. The minimum absolute atomic E-state index is 0.0515. The minimum atomic E-state index is -4.25. The number of hydrogen-bond acceptors (Lipinski definition) is 4. The third-order valence-electron chi connectivity index (χ3n) is 2.27. The molecule has 0 atom stereocenters. The second-order valence-electron chi connectivity index (χ2n) is 3.93. The second kappa shape index (κ2) is 6.55. The van der Waals surface area contributed by atoms with Crippen LogP contribution in [0.15, 0.2) is 15.7 Å². The summed E-state index contributed by atoms with van der Waals surface area (Å²) in [5.41, 5.74) is -0.146. The van der Waals surface area contributed by atoms with Gasteiger partial charge in [-0.3, -0.25) is 0 Å². The predicted molar refractivity (Wildman–Crippen MR) is 66.4 cm³/mol. The number of hydrogen-bond donors (Lipinski definition) is 2. The topological polar surface area (TPSA) is 83.5 Å². The van der Waals surface area contributed by atoms with Crippen molar-refractivity contribution < 1.29 is 31.5 Å². The van der Waals surface area contributed by atoms with Crippen LogP contribution in [0.5, 0.6) is 0 Å². The first kappa shape index (κ1) is 16.9. The normalized spacial score (nSPS) is 12.6. The maximum atomic E-state index is 11.9. The van der Waals surface area contributed by atoms with Gasteiger partial charge in [0.15, 0.2) is 0 Å². The molecule has 0 amide bonds. The van der Waals surface area contributed by atoms with Gasteiger partial charge in [-0.25, -0.2) is 17.9 Å². The zero-order valence-electron chi connectivity index (χ0n) is 10.1. The van der Waals surface area contributed by atoms with E-state index in [4.69, 9.17) is 5.11 Å². The van der Waals surface area contributed by atoms with Crippen molar-refractivity contribution in [3.63, 3.8) is 0 Å². The quantitative estimate of drug-likeness (QED) is 0.752. The van der Waals surface area contributed by atoms with Gasteiger partial charge in [0.05, 0.1) is 5.56 Å². The lowest BCUT2D eigenvalue weighted by Crippen LogP contribution is -2.24. The third kappa shape index (κ3) is 5.47. The smallest absolute Gasteiger partial charge is 0.389 e. The van der Waals surface area contributed by atoms with Gasteiger partial charge >= 0.3 is 12.1 Å². The first-order valence-corrected chi connectivity index (χ1v) is 7.86. The van der Waals surface area contributed by atoms with Crippen LogP contribution in [-0.4, -0.2) is 32.2 Å². The molecule has 0 unspecified atom stereocenters. The van der Waals surface area contributed by atoms with Gasteiger partial charge in [-0.1, -0.05) is 0 Å². The molecule has 0 fully saturated rings. The van der Waals surface area contributed by atoms with Crippen molar-refractivity contribution in [1.82, 2.24) is 4.72 Å². The van der Waals surface area contributed by atoms with Gasteiger partial charge in [0.1, 0.15) is 4.21 Å². The summed E-state index contributed by atoms with van der Waals surface area (Å²) in [6, 6.07) is 1.01. The van der Waals surface area contributed by atoms with Crippen molar-refractivity contribution in [3.8, 4) is 0 Å². The molecule has 0 saturated carbocycles. The minimum Gasteiger partial charge on any atom is -0.478 e. The standard InChI is InChI=1S/C10H12F3NO4S2/c11-10(12,13)3-1-2-4-14-20(17,18)8-5-7(6-19-8)9(15)16/h5-6,14H,1-4H2,(H,15,16). The second-order valence-corrected chi connectivity index (χ2v) is 6.83. The van der Waals surface area contributed by atoms with Crippen molar-refractivity contribution in [2.24, 2.45) is 0 Å². The third-order valence-corrected chi connectivity index (χ3v) is 5.17. The van der Waals surface area contributed by atoms with Crippen LogP contribution in [0.3, 0.4) is 0 Å². The average molecular weight is 331 g/mol. The number of rotatable bonds is 7. The van der Waals surface area contributed by atoms with Gasteiger partial charge < -0.3 is 5.11 Å². The highest BCUT2D eigenvalue weighted by atomic mass is 32.2. The molecule has 5 nitrogen and oxygen atoms in total. The van der Waals surface area contributed by atoms with E-state index in [9.17, 15) is 26.4 Å². The average Bonchev–Trinajstić information content (AvgIpc) is 2.76. The van der Waals surface area contributed by atoms with Gasteiger partial charge in [0.25, 0.3) is 0 Å². The number of carbonyl (C=O) groups is 1. The Labute approximate surface area is 117 Å². The van der Waals surface area contributed by atoms with E-state index in [-0.39, 0.29) is 29.2 Å². The molecule has 1 rings (SSSR count). The summed E-state index contributed by atoms with van der Waals surface area (Å²) in [5, 5.41) is 9.85. The molecule has 1 aromatic heterocycles. The Balaban J connectivity index is 2.47. The molecule has 114 valence electrons. The molecule has 1 aromatic rings. The number of carboxylic acid groups (broad SMARTS) is 1. The van der Waals surface area contributed by atoms with Crippen LogP contribution in [0.2, 0.25) is 0 Å². The fourth-order valence-electron chi connectivity index (χ4n) is 1.30. The largest absolute Gasteiger partial charge is 0.478 e. The van der Waals surface area contributed by atoms with E-state index >= 15 is 0 Å². The lowest BCUT2D eigenvalue weighted by atomic mass is 10.2. The van der Waals surface area contributed by atoms with E-state index in [1.54, 1.807) is 0 Å². The van der Waals surface area contributed by atoms with E-state index in [0.717, 1.165) is 17.4 Å². The number of alkyl halides is 3. The summed E-state index contributed by atoms with van der Waals surface area (Å²) in [5.74, 6) is -1.24. The van der Waals surface area contributed by atoms with Crippen molar-refractivity contribution in [2.75, 3.05) is 6.54 Å². The fraction of sp³-hybridized carbons (Fsp3) is 0.500. The van der Waals surface area contributed by atoms with Crippen LogP contribution < -0.4 is 4.72 Å². The fourth-order valence-corrected chi connectivity index (χ4v) is 3.57. The summed E-state index contributed by atoms with van der Waals surface area (Å²) >= 11 is 0.742. The van der Waals surface area contributed by atoms with Crippen LogP contribution in [0, 0.1) is 0 Å². The Morgan fingerprint density at radius 2 is 2.00 bits per heavy atom. The molecule has 0 radical (unpaired) electrons. The zero-order valence-corrected chi connectivity index (χ0v) is 11.7. The molecular weight excluding hydrogens is 319 g/mol. The van der Waals surface area contributed by atoms with E-state index in [0.29, 0.717) is 0 Å². The van der Waals surface area contributed by atoms with E-state index < -0.39 is 28.6 Å². The summed E-state index contributed by atoms with van der Waals surface area (Å²) in [6.45, 7) is -0.126. The monoisotopic (exact) mass is 331 g/mol. The Kier molecular flexibility index (Phi) is 5.54. The number of thiophene rings is 1. The summed E-state index contributed by atoms with van der Waals surface area (Å²) in [4.78, 5) is 10.6. The number of sulfonamides is 1. The SMILES string of the molecule is O=C(O)c1csc(S(=O)(=O)NCCCCC(F)(F)F)c1. The molecule has 20 heavy (non-hydrogen) atoms. The Morgan fingerprint density at radius 1 is 1.35 bits per heavy atom. The molecule has 1 heterocycles. The van der Waals surface area contributed by atoms with Crippen molar-refractivity contribution in [2.45, 2.75) is 29.6 Å². The molecule has 0 aliphatic heterocycles. The number of unbranched alkanes of at least 4 members (excludes halogenated alkanes) is 1. The molecule has 2 N–H and O–H groups in total. The van der Waals surface area contributed by atoms with Crippen molar-refractivity contribution in [3.05, 3.63) is 17.0 Å². The first-order chi connectivity index (χ1) is 9.12. The zero-order chi connectivity index (χ0) is 15.4.